The summed E-state index contributed by atoms with van der Waals surface area (Å²) in [6.07, 6.45) is 0. The first-order valence-corrected chi connectivity index (χ1v) is 11.0. The smallest absolute Gasteiger partial charge is 0.263 e. The van der Waals surface area contributed by atoms with Gasteiger partial charge in [-0.3, -0.25) is 19.0 Å². The molecule has 0 radical (unpaired) electrons. The van der Waals surface area contributed by atoms with Crippen LogP contribution in [-0.2, 0) is 11.3 Å². The SMILES string of the molecule is CCn1c(SC(C)C(=O)c2ccc(NC(C)=O)cc2)nc2sc(C)c(C)c2c1=O. The maximum atomic E-state index is 13.0. The van der Waals surface area contributed by atoms with Crippen LogP contribution in [0.2, 0.25) is 0 Å². The van der Waals surface area contributed by atoms with Crippen molar-refractivity contribution in [2.45, 2.75) is 51.6 Å². The van der Waals surface area contributed by atoms with Crippen LogP contribution in [0.1, 0.15) is 41.6 Å². The highest BCUT2D eigenvalue weighted by molar-refractivity contribution is 8.00. The van der Waals surface area contributed by atoms with Crippen molar-refractivity contribution in [3.63, 3.8) is 0 Å². The number of aromatic nitrogens is 2. The molecule has 2 aromatic heterocycles. The van der Waals surface area contributed by atoms with Gasteiger partial charge in [-0.05, 0) is 57.5 Å². The van der Waals surface area contributed by atoms with E-state index in [2.05, 4.69) is 5.32 Å². The quantitative estimate of drug-likeness (QED) is 0.356. The minimum Gasteiger partial charge on any atom is -0.326 e. The van der Waals surface area contributed by atoms with Gasteiger partial charge in [-0.2, -0.15) is 0 Å². The van der Waals surface area contributed by atoms with Crippen LogP contribution in [-0.4, -0.2) is 26.5 Å². The zero-order chi connectivity index (χ0) is 21.3. The van der Waals surface area contributed by atoms with E-state index in [1.54, 1.807) is 28.8 Å². The fraction of sp³-hybridized carbons (Fsp3) is 0.333. The van der Waals surface area contributed by atoms with Crippen LogP contribution in [0.4, 0.5) is 5.69 Å². The average molecular weight is 430 g/mol. The maximum Gasteiger partial charge on any atom is 0.263 e. The molecule has 3 rings (SSSR count). The molecule has 29 heavy (non-hydrogen) atoms. The Morgan fingerprint density at radius 2 is 1.90 bits per heavy atom. The van der Waals surface area contributed by atoms with Crippen molar-refractivity contribution < 1.29 is 9.59 Å². The average Bonchev–Trinajstić information content (AvgIpc) is 2.95. The van der Waals surface area contributed by atoms with E-state index < -0.39 is 5.25 Å². The Hall–Kier alpha value is -2.45. The molecule has 1 N–H and O–H groups in total. The van der Waals surface area contributed by atoms with Gasteiger partial charge in [0.15, 0.2) is 10.9 Å². The molecule has 2 heterocycles. The van der Waals surface area contributed by atoms with Crippen molar-refractivity contribution in [2.24, 2.45) is 0 Å². The second-order valence-electron chi connectivity index (χ2n) is 6.79. The van der Waals surface area contributed by atoms with Crippen LogP contribution < -0.4 is 10.9 Å². The third-order valence-electron chi connectivity index (χ3n) is 4.71. The van der Waals surface area contributed by atoms with E-state index in [9.17, 15) is 14.4 Å². The van der Waals surface area contributed by atoms with E-state index in [1.807, 2.05) is 27.7 Å². The topological polar surface area (TPSA) is 81.1 Å². The van der Waals surface area contributed by atoms with Crippen molar-refractivity contribution >= 4 is 50.7 Å². The van der Waals surface area contributed by atoms with Crippen molar-refractivity contribution in [2.75, 3.05) is 5.32 Å². The van der Waals surface area contributed by atoms with Gasteiger partial charge in [0.2, 0.25) is 5.91 Å². The normalized spacial score (nSPS) is 12.2. The predicted octanol–water partition coefficient (Wildman–Crippen LogP) is 4.42. The van der Waals surface area contributed by atoms with E-state index in [4.69, 9.17) is 4.98 Å². The summed E-state index contributed by atoms with van der Waals surface area (Å²) in [7, 11) is 0. The Morgan fingerprint density at radius 1 is 1.24 bits per heavy atom. The lowest BCUT2D eigenvalue weighted by Gasteiger charge is -2.14. The number of thioether (sulfide) groups is 1. The van der Waals surface area contributed by atoms with E-state index in [0.717, 1.165) is 15.3 Å². The highest BCUT2D eigenvalue weighted by Crippen LogP contribution is 2.30. The Kier molecular flexibility index (Phi) is 6.24. The summed E-state index contributed by atoms with van der Waals surface area (Å²) in [4.78, 5) is 43.5. The number of fused-ring (bicyclic) bond motifs is 1. The number of anilines is 1. The summed E-state index contributed by atoms with van der Waals surface area (Å²) >= 11 is 2.80. The number of nitrogens with zero attached hydrogens (tertiary/aromatic N) is 2. The summed E-state index contributed by atoms with van der Waals surface area (Å²) < 4.78 is 1.63. The minimum atomic E-state index is -0.411. The van der Waals surface area contributed by atoms with Gasteiger partial charge in [0, 0.05) is 29.6 Å². The molecule has 0 bridgehead atoms. The Morgan fingerprint density at radius 3 is 2.48 bits per heavy atom. The molecule has 0 fully saturated rings. The number of thiophene rings is 1. The summed E-state index contributed by atoms with van der Waals surface area (Å²) in [5.74, 6) is -0.217. The molecule has 152 valence electrons. The monoisotopic (exact) mass is 429 g/mol. The van der Waals surface area contributed by atoms with Crippen LogP contribution in [0.25, 0.3) is 10.2 Å². The molecule has 3 aromatic rings. The lowest BCUT2D eigenvalue weighted by Crippen LogP contribution is -2.24. The summed E-state index contributed by atoms with van der Waals surface area (Å²) in [5.41, 5.74) is 2.11. The van der Waals surface area contributed by atoms with Crippen LogP contribution in [0, 0.1) is 13.8 Å². The third kappa shape index (κ3) is 4.28. The van der Waals surface area contributed by atoms with Gasteiger partial charge in [0.1, 0.15) is 4.83 Å². The minimum absolute atomic E-state index is 0.0545. The predicted molar refractivity (Wildman–Crippen MR) is 119 cm³/mol. The molecule has 1 aromatic carbocycles. The molecule has 0 spiro atoms. The number of Topliss-reactive ketones (excluding diaryl/α,β-unsaturated/α-hetero) is 1. The first kappa shape index (κ1) is 21.3. The number of nitrogens with one attached hydrogen (secondary N) is 1. The molecule has 0 saturated carbocycles. The Labute approximate surface area is 177 Å². The van der Waals surface area contributed by atoms with Gasteiger partial charge in [-0.1, -0.05) is 11.8 Å². The van der Waals surface area contributed by atoms with Gasteiger partial charge in [0.05, 0.1) is 10.6 Å². The molecule has 0 aliphatic carbocycles. The van der Waals surface area contributed by atoms with Gasteiger partial charge >= 0.3 is 0 Å². The second-order valence-corrected chi connectivity index (χ2v) is 9.30. The van der Waals surface area contributed by atoms with E-state index >= 15 is 0 Å². The molecule has 6 nitrogen and oxygen atoms in total. The van der Waals surface area contributed by atoms with Crippen molar-refractivity contribution in [3.05, 3.63) is 50.6 Å². The lowest BCUT2D eigenvalue weighted by molar-refractivity contribution is -0.114. The number of amides is 1. The molecular weight excluding hydrogens is 406 g/mol. The van der Waals surface area contributed by atoms with Gasteiger partial charge in [-0.15, -0.1) is 11.3 Å². The number of carbonyl (C=O) groups is 2. The lowest BCUT2D eigenvalue weighted by atomic mass is 10.1. The standard InChI is InChI=1S/C21H23N3O3S2/c1-6-24-20(27)17-11(2)12(3)28-19(17)23-21(24)29-13(4)18(26)15-7-9-16(10-8-15)22-14(5)25/h7-10,13H,6H2,1-5H3,(H,22,25). The molecule has 0 saturated heterocycles. The summed E-state index contributed by atoms with van der Waals surface area (Å²) in [6.45, 7) is 9.58. The Balaban J connectivity index is 1.89. The maximum absolute atomic E-state index is 13.0. The molecule has 1 unspecified atom stereocenters. The molecule has 0 aliphatic heterocycles. The highest BCUT2D eigenvalue weighted by Gasteiger charge is 2.22. The summed E-state index contributed by atoms with van der Waals surface area (Å²) in [6, 6.07) is 6.80. The first-order chi connectivity index (χ1) is 13.7. The summed E-state index contributed by atoms with van der Waals surface area (Å²) in [5, 5.41) is 3.50. The first-order valence-electron chi connectivity index (χ1n) is 9.32. The van der Waals surface area contributed by atoms with Crippen LogP contribution in [0.15, 0.2) is 34.2 Å². The zero-order valence-corrected chi connectivity index (χ0v) is 18.7. The molecule has 1 amide bonds. The van der Waals surface area contributed by atoms with Crippen molar-refractivity contribution in [1.29, 1.82) is 0 Å². The second kappa shape index (κ2) is 8.51. The molecular formula is C21H23N3O3S2. The zero-order valence-electron chi connectivity index (χ0n) is 17.0. The number of aryl methyl sites for hydroxylation is 2. The van der Waals surface area contributed by atoms with E-state index in [-0.39, 0.29) is 17.2 Å². The number of hydrogen-bond acceptors (Lipinski definition) is 6. The highest BCUT2D eigenvalue weighted by atomic mass is 32.2. The fourth-order valence-electron chi connectivity index (χ4n) is 3.04. The fourth-order valence-corrected chi connectivity index (χ4v) is 5.17. The van der Waals surface area contributed by atoms with Crippen LogP contribution >= 0.6 is 23.1 Å². The van der Waals surface area contributed by atoms with Gasteiger partial charge < -0.3 is 5.32 Å². The van der Waals surface area contributed by atoms with Crippen molar-refractivity contribution in [3.8, 4) is 0 Å². The van der Waals surface area contributed by atoms with Gasteiger partial charge in [-0.25, -0.2) is 4.98 Å². The van der Waals surface area contributed by atoms with Crippen LogP contribution in [0.3, 0.4) is 0 Å². The largest absolute Gasteiger partial charge is 0.326 e. The van der Waals surface area contributed by atoms with Crippen molar-refractivity contribution in [1.82, 2.24) is 9.55 Å². The number of carbonyl (C=O) groups excluding carboxylic acids is 2. The third-order valence-corrected chi connectivity index (χ3v) is 6.90. The number of rotatable bonds is 6. The number of hydrogen-bond donors (Lipinski definition) is 1. The van der Waals surface area contributed by atoms with E-state index in [0.29, 0.717) is 28.3 Å². The molecule has 1 atom stereocenters. The number of benzene rings is 1. The van der Waals surface area contributed by atoms with E-state index in [1.165, 1.54) is 30.0 Å². The molecule has 0 aliphatic rings. The van der Waals surface area contributed by atoms with Crippen LogP contribution in [0.5, 0.6) is 0 Å². The van der Waals surface area contributed by atoms with Gasteiger partial charge in [0.25, 0.3) is 5.56 Å². The molecule has 8 heteroatoms. The number of ketones is 1. The Bertz CT molecular complexity index is 1150.